The number of sulfonamides is 1. The summed E-state index contributed by atoms with van der Waals surface area (Å²) in [7, 11) is -3.61. The number of halogens is 1. The first-order valence-electron chi connectivity index (χ1n) is 6.40. The predicted molar refractivity (Wildman–Crippen MR) is 87.1 cm³/mol. The van der Waals surface area contributed by atoms with Crippen LogP contribution in [0.3, 0.4) is 0 Å². The van der Waals surface area contributed by atoms with Crippen LogP contribution in [0.2, 0.25) is 5.02 Å². The Morgan fingerprint density at radius 2 is 2.05 bits per heavy atom. The van der Waals surface area contributed by atoms with Crippen LogP contribution in [0.4, 0.5) is 0 Å². The first-order valence-corrected chi connectivity index (χ1v) is 9.08. The summed E-state index contributed by atoms with van der Waals surface area (Å²) in [6, 6.07) is 8.16. The van der Waals surface area contributed by atoms with Crippen molar-refractivity contribution in [2.75, 3.05) is 0 Å². The van der Waals surface area contributed by atoms with Gasteiger partial charge in [0.1, 0.15) is 0 Å². The first kappa shape index (κ1) is 16.5. The second-order valence-corrected chi connectivity index (χ2v) is 8.19. The molecular formula is C14H17ClN2O2S2. The van der Waals surface area contributed by atoms with Gasteiger partial charge in [-0.25, -0.2) is 13.1 Å². The van der Waals surface area contributed by atoms with E-state index >= 15 is 0 Å². The number of aryl methyl sites for hydroxylation is 1. The molecule has 1 aromatic heterocycles. The van der Waals surface area contributed by atoms with Gasteiger partial charge in [0.05, 0.1) is 10.9 Å². The summed E-state index contributed by atoms with van der Waals surface area (Å²) in [5.41, 5.74) is 6.17. The molecule has 1 unspecified atom stereocenters. The summed E-state index contributed by atoms with van der Waals surface area (Å²) in [5, 5.41) is 0.471. The Morgan fingerprint density at radius 3 is 2.62 bits per heavy atom. The zero-order valence-electron chi connectivity index (χ0n) is 11.8. The lowest BCUT2D eigenvalue weighted by atomic mass is 10.2. The van der Waals surface area contributed by atoms with Gasteiger partial charge in [-0.1, -0.05) is 11.6 Å². The molecule has 0 aliphatic carbocycles. The van der Waals surface area contributed by atoms with E-state index in [1.54, 1.807) is 17.4 Å². The van der Waals surface area contributed by atoms with Crippen molar-refractivity contribution in [1.82, 2.24) is 4.72 Å². The molecular weight excluding hydrogens is 328 g/mol. The van der Waals surface area contributed by atoms with Crippen LogP contribution >= 0.6 is 22.9 Å². The highest BCUT2D eigenvalue weighted by Gasteiger charge is 2.20. The van der Waals surface area contributed by atoms with Crippen LogP contribution in [0.5, 0.6) is 0 Å². The molecule has 2 rings (SSSR count). The molecule has 0 bridgehead atoms. The maximum Gasteiger partial charge on any atom is 0.241 e. The van der Waals surface area contributed by atoms with E-state index in [1.807, 2.05) is 26.0 Å². The minimum absolute atomic E-state index is 0.174. The smallest absolute Gasteiger partial charge is 0.241 e. The van der Waals surface area contributed by atoms with E-state index in [9.17, 15) is 8.42 Å². The van der Waals surface area contributed by atoms with E-state index in [1.165, 1.54) is 12.1 Å². The summed E-state index contributed by atoms with van der Waals surface area (Å²) < 4.78 is 27.5. The van der Waals surface area contributed by atoms with Crippen molar-refractivity contribution in [3.63, 3.8) is 0 Å². The number of rotatable bonds is 5. The van der Waals surface area contributed by atoms with Crippen LogP contribution in [0.15, 0.2) is 35.2 Å². The van der Waals surface area contributed by atoms with E-state index in [2.05, 4.69) is 4.72 Å². The Bertz CT molecular complexity index is 741. The average Bonchev–Trinajstić information content (AvgIpc) is 2.85. The molecule has 1 atom stereocenters. The molecule has 0 spiro atoms. The van der Waals surface area contributed by atoms with Crippen LogP contribution in [-0.4, -0.2) is 8.42 Å². The fourth-order valence-corrected chi connectivity index (χ4v) is 4.34. The molecule has 0 radical (unpaired) electrons. The Hall–Kier alpha value is -0.920. The highest BCUT2D eigenvalue weighted by molar-refractivity contribution is 7.89. The third-order valence-electron chi connectivity index (χ3n) is 3.07. The lowest BCUT2D eigenvalue weighted by Crippen LogP contribution is -2.26. The second kappa shape index (κ2) is 6.46. The van der Waals surface area contributed by atoms with Gasteiger partial charge < -0.3 is 5.73 Å². The zero-order chi connectivity index (χ0) is 15.6. The number of hydrogen-bond acceptors (Lipinski definition) is 4. The SMILES string of the molecule is Cc1ccc(C(C)NS(=O)(=O)c2ccc(Cl)c(CN)c2)s1. The van der Waals surface area contributed by atoms with Crippen molar-refractivity contribution in [2.24, 2.45) is 5.73 Å². The van der Waals surface area contributed by atoms with Crippen molar-refractivity contribution < 1.29 is 8.42 Å². The van der Waals surface area contributed by atoms with E-state index < -0.39 is 10.0 Å². The molecule has 4 nitrogen and oxygen atoms in total. The van der Waals surface area contributed by atoms with Gasteiger partial charge in [0, 0.05) is 21.3 Å². The van der Waals surface area contributed by atoms with Gasteiger partial charge >= 0.3 is 0 Å². The van der Waals surface area contributed by atoms with Gasteiger partial charge in [-0.2, -0.15) is 0 Å². The molecule has 0 fully saturated rings. The molecule has 114 valence electrons. The number of hydrogen-bond donors (Lipinski definition) is 2. The number of nitrogens with two attached hydrogens (primary N) is 1. The lowest BCUT2D eigenvalue weighted by Gasteiger charge is -2.14. The Labute approximate surface area is 134 Å². The molecule has 0 aliphatic rings. The Morgan fingerprint density at radius 1 is 1.33 bits per heavy atom. The summed E-state index contributed by atoms with van der Waals surface area (Å²) in [6.07, 6.45) is 0. The molecule has 3 N–H and O–H groups in total. The zero-order valence-corrected chi connectivity index (χ0v) is 14.1. The standard InChI is InChI=1S/C14H17ClN2O2S2/c1-9-3-6-14(20-9)10(2)17-21(18,19)12-4-5-13(15)11(7-12)8-16/h3-7,10,17H,8,16H2,1-2H3. The van der Waals surface area contributed by atoms with Gasteiger partial charge in [-0.3, -0.25) is 0 Å². The van der Waals surface area contributed by atoms with Crippen LogP contribution in [0.25, 0.3) is 0 Å². The van der Waals surface area contributed by atoms with Crippen LogP contribution in [0, 0.1) is 6.92 Å². The minimum atomic E-state index is -3.61. The molecule has 0 aliphatic heterocycles. The molecule has 2 aromatic rings. The molecule has 21 heavy (non-hydrogen) atoms. The Balaban J connectivity index is 2.26. The predicted octanol–water partition coefficient (Wildman–Crippen LogP) is 3.21. The minimum Gasteiger partial charge on any atom is -0.326 e. The van der Waals surface area contributed by atoms with Gasteiger partial charge in [0.15, 0.2) is 0 Å². The summed E-state index contributed by atoms with van der Waals surface area (Å²) in [4.78, 5) is 2.30. The molecule has 0 amide bonds. The first-order chi connectivity index (χ1) is 9.83. The average molecular weight is 345 g/mol. The van der Waals surface area contributed by atoms with Crippen LogP contribution in [-0.2, 0) is 16.6 Å². The monoisotopic (exact) mass is 344 g/mol. The van der Waals surface area contributed by atoms with E-state index in [4.69, 9.17) is 17.3 Å². The highest BCUT2D eigenvalue weighted by Crippen LogP contribution is 2.25. The lowest BCUT2D eigenvalue weighted by molar-refractivity contribution is 0.568. The summed E-state index contributed by atoms with van der Waals surface area (Å²) >= 11 is 7.53. The number of nitrogens with one attached hydrogen (secondary N) is 1. The summed E-state index contributed by atoms with van der Waals surface area (Å²) in [6.45, 7) is 4.01. The second-order valence-electron chi connectivity index (χ2n) is 4.75. The number of benzene rings is 1. The molecule has 7 heteroatoms. The maximum atomic E-state index is 12.4. The quantitative estimate of drug-likeness (QED) is 0.874. The van der Waals surface area contributed by atoms with Crippen molar-refractivity contribution in [3.8, 4) is 0 Å². The largest absolute Gasteiger partial charge is 0.326 e. The number of thiophene rings is 1. The van der Waals surface area contributed by atoms with E-state index in [-0.39, 0.29) is 17.5 Å². The normalized spacial score (nSPS) is 13.3. The van der Waals surface area contributed by atoms with Crippen LogP contribution < -0.4 is 10.5 Å². The van der Waals surface area contributed by atoms with Crippen molar-refractivity contribution in [3.05, 3.63) is 50.7 Å². The third-order valence-corrected chi connectivity index (χ3v) is 6.16. The molecule has 0 saturated heterocycles. The van der Waals surface area contributed by atoms with Gasteiger partial charge in [0.25, 0.3) is 0 Å². The Kier molecular flexibility index (Phi) is 5.06. The third kappa shape index (κ3) is 3.84. The van der Waals surface area contributed by atoms with Crippen LogP contribution in [0.1, 0.15) is 28.3 Å². The fraction of sp³-hybridized carbons (Fsp3) is 0.286. The highest BCUT2D eigenvalue weighted by atomic mass is 35.5. The topological polar surface area (TPSA) is 72.2 Å². The van der Waals surface area contributed by atoms with Crippen molar-refractivity contribution >= 4 is 33.0 Å². The molecule has 1 heterocycles. The molecule has 1 aromatic carbocycles. The van der Waals surface area contributed by atoms with Crippen molar-refractivity contribution in [1.29, 1.82) is 0 Å². The van der Waals surface area contributed by atoms with Gasteiger partial charge in [-0.05, 0) is 49.7 Å². The summed E-state index contributed by atoms with van der Waals surface area (Å²) in [5.74, 6) is 0. The van der Waals surface area contributed by atoms with Crippen molar-refractivity contribution in [2.45, 2.75) is 31.3 Å². The van der Waals surface area contributed by atoms with Gasteiger partial charge in [-0.15, -0.1) is 11.3 Å². The fourth-order valence-electron chi connectivity index (χ4n) is 1.92. The van der Waals surface area contributed by atoms with E-state index in [0.29, 0.717) is 10.6 Å². The maximum absolute atomic E-state index is 12.4. The van der Waals surface area contributed by atoms with E-state index in [0.717, 1.165) is 9.75 Å². The van der Waals surface area contributed by atoms with Gasteiger partial charge in [0.2, 0.25) is 10.0 Å². The molecule has 0 saturated carbocycles.